The molecule has 6 heteroatoms. The van der Waals surface area contributed by atoms with Crippen molar-refractivity contribution in [2.75, 3.05) is 0 Å². The van der Waals surface area contributed by atoms with Gasteiger partial charge in [-0.1, -0.05) is 48.5 Å². The summed E-state index contributed by atoms with van der Waals surface area (Å²) in [6.45, 7) is 0. The van der Waals surface area contributed by atoms with Crippen LogP contribution < -0.4 is 0 Å². The second-order valence-electron chi connectivity index (χ2n) is 12.3. The van der Waals surface area contributed by atoms with E-state index in [1.165, 1.54) is 0 Å². The Hall–Kier alpha value is -7.15. The third kappa shape index (κ3) is 3.96. The van der Waals surface area contributed by atoms with Crippen LogP contribution in [0, 0.1) is 22.7 Å². The van der Waals surface area contributed by atoms with Gasteiger partial charge in [-0.05, 0) is 96.1 Å². The number of hydrogen-bond acceptors (Lipinski definition) is 4. The van der Waals surface area contributed by atoms with Gasteiger partial charge >= 0.3 is 0 Å². The van der Waals surface area contributed by atoms with E-state index in [9.17, 15) is 10.5 Å². The largest absolute Gasteiger partial charge is 0.456 e. The Morgan fingerprint density at radius 1 is 0.469 bits per heavy atom. The molecule has 4 aromatic heterocycles. The molecule has 0 saturated carbocycles. The number of hydrogen-bond donors (Lipinski definition) is 0. The smallest absolute Gasteiger partial charge is 0.145 e. The summed E-state index contributed by atoms with van der Waals surface area (Å²) in [5.41, 5.74) is 10.5. The topological polar surface area (TPSA) is 83.5 Å². The van der Waals surface area contributed by atoms with Gasteiger partial charge in [0.1, 0.15) is 16.8 Å². The average molecular weight is 626 g/mol. The molecule has 10 aromatic rings. The van der Waals surface area contributed by atoms with Crippen molar-refractivity contribution in [2.24, 2.45) is 0 Å². The highest BCUT2D eigenvalue weighted by atomic mass is 16.3. The van der Waals surface area contributed by atoms with Crippen LogP contribution in [0.5, 0.6) is 0 Å². The zero-order valence-electron chi connectivity index (χ0n) is 25.9. The normalized spacial score (nSPS) is 11.6. The Balaban J connectivity index is 1.20. The van der Waals surface area contributed by atoms with Crippen LogP contribution in [-0.4, -0.2) is 14.1 Å². The maximum absolute atomic E-state index is 10.2. The monoisotopic (exact) mass is 625 g/mol. The fourth-order valence-electron chi connectivity index (χ4n) is 7.44. The van der Waals surface area contributed by atoms with Gasteiger partial charge in [0.25, 0.3) is 0 Å². The summed E-state index contributed by atoms with van der Waals surface area (Å²) in [6.07, 6.45) is 1.83. The number of furan rings is 1. The summed E-state index contributed by atoms with van der Waals surface area (Å²) >= 11 is 0. The van der Waals surface area contributed by atoms with Crippen LogP contribution in [0.2, 0.25) is 0 Å². The van der Waals surface area contributed by atoms with Crippen LogP contribution in [-0.2, 0) is 0 Å². The average Bonchev–Trinajstić information content (AvgIpc) is 3.80. The molecule has 0 spiro atoms. The van der Waals surface area contributed by atoms with Crippen molar-refractivity contribution in [3.05, 3.63) is 151 Å². The van der Waals surface area contributed by atoms with E-state index in [4.69, 9.17) is 9.40 Å². The first-order chi connectivity index (χ1) is 24.2. The molecule has 0 aliphatic carbocycles. The summed E-state index contributed by atoms with van der Waals surface area (Å²) in [5.74, 6) is 0. The minimum Gasteiger partial charge on any atom is -0.456 e. The SMILES string of the molecule is N#Cc1cc(-c2cccc(-n3c4cc5c(cc4c4cccnc43)oc3ccccc35)c2)cc(-n2c3ccccc3c3cc(C#N)ccc32)c1. The lowest BCUT2D eigenvalue weighted by Gasteiger charge is -2.13. The zero-order chi connectivity index (χ0) is 32.6. The van der Waals surface area contributed by atoms with Crippen LogP contribution >= 0.6 is 0 Å². The summed E-state index contributed by atoms with van der Waals surface area (Å²) < 4.78 is 10.6. The second kappa shape index (κ2) is 10.2. The highest BCUT2D eigenvalue weighted by molar-refractivity contribution is 6.16. The fourth-order valence-corrected chi connectivity index (χ4v) is 7.44. The fraction of sp³-hybridized carbons (Fsp3) is 0. The molecule has 0 amide bonds. The van der Waals surface area contributed by atoms with Gasteiger partial charge in [-0.2, -0.15) is 10.5 Å². The molecule has 6 nitrogen and oxygen atoms in total. The molecule has 10 rings (SSSR count). The molecule has 6 aromatic carbocycles. The number of para-hydroxylation sites is 2. The molecule has 0 N–H and O–H groups in total. The first kappa shape index (κ1) is 27.0. The lowest BCUT2D eigenvalue weighted by Crippen LogP contribution is -1.97. The van der Waals surface area contributed by atoms with Crippen molar-refractivity contribution in [3.63, 3.8) is 0 Å². The second-order valence-corrected chi connectivity index (χ2v) is 12.3. The molecular formula is C43H23N5O. The molecule has 49 heavy (non-hydrogen) atoms. The first-order valence-corrected chi connectivity index (χ1v) is 16.0. The highest BCUT2D eigenvalue weighted by Crippen LogP contribution is 2.39. The van der Waals surface area contributed by atoms with Crippen LogP contribution in [0.1, 0.15) is 11.1 Å². The molecule has 0 saturated heterocycles. The summed E-state index contributed by atoms with van der Waals surface area (Å²) in [7, 11) is 0. The number of nitriles is 2. The third-order valence-corrected chi connectivity index (χ3v) is 9.57. The van der Waals surface area contributed by atoms with E-state index in [2.05, 4.69) is 88.0 Å². The number of nitrogens with zero attached hydrogens (tertiary/aromatic N) is 5. The molecule has 0 bridgehead atoms. The predicted octanol–water partition coefficient (Wildman–Crippen LogP) is 10.6. The van der Waals surface area contributed by atoms with Crippen molar-refractivity contribution in [2.45, 2.75) is 0 Å². The molecule has 4 heterocycles. The lowest BCUT2D eigenvalue weighted by molar-refractivity contribution is 0.669. The molecule has 0 radical (unpaired) electrons. The molecule has 0 aliphatic rings. The van der Waals surface area contributed by atoms with Gasteiger partial charge in [0.15, 0.2) is 0 Å². The Kier molecular flexibility index (Phi) is 5.61. The molecule has 0 aliphatic heterocycles. The van der Waals surface area contributed by atoms with E-state index >= 15 is 0 Å². The van der Waals surface area contributed by atoms with E-state index < -0.39 is 0 Å². The van der Waals surface area contributed by atoms with E-state index in [1.807, 2.05) is 72.9 Å². The summed E-state index contributed by atoms with van der Waals surface area (Å²) in [6, 6.07) is 49.6. The van der Waals surface area contributed by atoms with Crippen LogP contribution in [0.4, 0.5) is 0 Å². The van der Waals surface area contributed by atoms with Gasteiger partial charge in [0.05, 0.1) is 39.8 Å². The molecule has 0 fully saturated rings. The van der Waals surface area contributed by atoms with Crippen LogP contribution in [0.25, 0.3) is 88.2 Å². The Labute approximate surface area is 279 Å². The van der Waals surface area contributed by atoms with Crippen molar-refractivity contribution >= 4 is 65.7 Å². The van der Waals surface area contributed by atoms with Gasteiger partial charge in [-0.3, -0.25) is 4.57 Å². The molecule has 226 valence electrons. The Morgan fingerprint density at radius 3 is 2.14 bits per heavy atom. The minimum absolute atomic E-state index is 0.560. The summed E-state index contributed by atoms with van der Waals surface area (Å²) in [4.78, 5) is 4.85. The third-order valence-electron chi connectivity index (χ3n) is 9.57. The number of pyridine rings is 1. The van der Waals surface area contributed by atoms with Gasteiger partial charge in [-0.25, -0.2) is 4.98 Å². The summed E-state index contributed by atoms with van der Waals surface area (Å²) in [5, 5.41) is 26.1. The van der Waals surface area contributed by atoms with Crippen LogP contribution in [0.3, 0.4) is 0 Å². The molecule has 0 unspecified atom stereocenters. The standard InChI is InChI=1S/C43H23N5O/c44-24-26-14-15-39-35(19-26)32-9-1-3-12-38(32)47(39)31-18-27(25-45)17-29(21-31)28-7-5-8-30(20-28)48-40-22-37-33-10-2-4-13-41(33)49-42(37)23-36(40)34-11-6-16-46-43(34)48/h1-23H. The van der Waals surface area contributed by atoms with E-state index in [-0.39, 0.29) is 0 Å². The Bertz CT molecular complexity index is 3090. The van der Waals surface area contributed by atoms with Crippen molar-refractivity contribution in [3.8, 4) is 34.6 Å². The Morgan fingerprint density at radius 2 is 1.24 bits per heavy atom. The van der Waals surface area contributed by atoms with Gasteiger partial charge in [0.2, 0.25) is 0 Å². The number of fused-ring (bicyclic) bond motifs is 9. The van der Waals surface area contributed by atoms with Gasteiger partial charge < -0.3 is 8.98 Å². The maximum Gasteiger partial charge on any atom is 0.145 e. The van der Waals surface area contributed by atoms with Gasteiger partial charge in [-0.15, -0.1) is 0 Å². The van der Waals surface area contributed by atoms with E-state index in [0.29, 0.717) is 11.1 Å². The molecular weight excluding hydrogens is 603 g/mol. The minimum atomic E-state index is 0.560. The van der Waals surface area contributed by atoms with Crippen molar-refractivity contribution in [1.29, 1.82) is 10.5 Å². The van der Waals surface area contributed by atoms with Crippen molar-refractivity contribution < 1.29 is 4.42 Å². The van der Waals surface area contributed by atoms with Crippen molar-refractivity contribution in [1.82, 2.24) is 14.1 Å². The zero-order valence-corrected chi connectivity index (χ0v) is 25.9. The van der Waals surface area contributed by atoms with E-state index in [0.717, 1.165) is 88.2 Å². The van der Waals surface area contributed by atoms with Gasteiger partial charge in [0, 0.05) is 49.9 Å². The van der Waals surface area contributed by atoms with Crippen LogP contribution in [0.15, 0.2) is 144 Å². The maximum atomic E-state index is 10.2. The van der Waals surface area contributed by atoms with E-state index in [1.54, 1.807) is 0 Å². The molecule has 0 atom stereocenters. The quantitative estimate of drug-likeness (QED) is 0.196. The predicted molar refractivity (Wildman–Crippen MR) is 195 cm³/mol. The lowest BCUT2D eigenvalue weighted by atomic mass is 10.0. The number of benzene rings is 6. The first-order valence-electron chi connectivity index (χ1n) is 16.0. The number of rotatable bonds is 3. The number of aromatic nitrogens is 3. The highest BCUT2D eigenvalue weighted by Gasteiger charge is 2.18.